The number of pyridine rings is 2. The van der Waals surface area contributed by atoms with Crippen molar-refractivity contribution in [2.45, 2.75) is 17.0 Å². The summed E-state index contributed by atoms with van der Waals surface area (Å²) in [6, 6.07) is 6.61. The third kappa shape index (κ3) is 2.80. The number of nitrogens with zero attached hydrogens (tertiary/aromatic N) is 2. The molecule has 0 aliphatic carbocycles. The number of hydrogen-bond donors (Lipinski definition) is 1. The van der Waals surface area contributed by atoms with E-state index in [0.29, 0.717) is 15.1 Å². The van der Waals surface area contributed by atoms with Crippen LogP contribution < -0.4 is 0 Å². The third-order valence-electron chi connectivity index (χ3n) is 2.15. The number of carboxylic acid groups (broad SMARTS) is 1. The molecule has 0 amide bonds. The first kappa shape index (κ1) is 12.9. The van der Waals surface area contributed by atoms with Crippen molar-refractivity contribution < 1.29 is 9.90 Å². The molecule has 2 aromatic rings. The average molecular weight is 281 g/mol. The minimum Gasteiger partial charge on any atom is -0.478 e. The van der Waals surface area contributed by atoms with Gasteiger partial charge < -0.3 is 5.11 Å². The lowest BCUT2D eigenvalue weighted by atomic mass is 10.2. The molecule has 0 aliphatic rings. The molecule has 0 aliphatic heterocycles. The Morgan fingerprint density at radius 2 is 2.11 bits per heavy atom. The van der Waals surface area contributed by atoms with Crippen molar-refractivity contribution in [2.75, 3.05) is 0 Å². The van der Waals surface area contributed by atoms with Crippen molar-refractivity contribution in [2.24, 2.45) is 0 Å². The van der Waals surface area contributed by atoms with Crippen LogP contribution in [0.4, 0.5) is 0 Å². The molecule has 92 valence electrons. The van der Waals surface area contributed by atoms with Gasteiger partial charge >= 0.3 is 5.97 Å². The molecule has 4 nitrogen and oxygen atoms in total. The van der Waals surface area contributed by atoms with Gasteiger partial charge in [0.25, 0.3) is 0 Å². The summed E-state index contributed by atoms with van der Waals surface area (Å²) in [5.41, 5.74) is 0.891. The van der Waals surface area contributed by atoms with Gasteiger partial charge in [-0.1, -0.05) is 11.6 Å². The van der Waals surface area contributed by atoms with Crippen LogP contribution in [0.3, 0.4) is 0 Å². The number of aromatic carboxylic acids is 1. The normalized spacial score (nSPS) is 10.3. The molecule has 0 spiro atoms. The fourth-order valence-corrected chi connectivity index (χ4v) is 2.47. The van der Waals surface area contributed by atoms with Crippen LogP contribution in [-0.2, 0) is 0 Å². The number of carbonyl (C=O) groups is 1. The maximum atomic E-state index is 11.1. The minimum atomic E-state index is -1.02. The van der Waals surface area contributed by atoms with E-state index in [2.05, 4.69) is 9.97 Å². The van der Waals surface area contributed by atoms with E-state index in [9.17, 15) is 4.79 Å². The molecule has 0 radical (unpaired) electrons. The average Bonchev–Trinajstić information content (AvgIpc) is 2.32. The number of hydrogen-bond acceptors (Lipinski definition) is 4. The van der Waals surface area contributed by atoms with Crippen LogP contribution in [0.25, 0.3) is 0 Å². The monoisotopic (exact) mass is 280 g/mol. The van der Waals surface area contributed by atoms with Crippen molar-refractivity contribution in [1.29, 1.82) is 0 Å². The van der Waals surface area contributed by atoms with Gasteiger partial charge in [-0.3, -0.25) is 0 Å². The van der Waals surface area contributed by atoms with Gasteiger partial charge in [-0.25, -0.2) is 14.8 Å². The second-order valence-corrected chi connectivity index (χ2v) is 4.89. The molecule has 0 fully saturated rings. The van der Waals surface area contributed by atoms with Gasteiger partial charge in [-0.15, -0.1) is 0 Å². The molecule has 0 aromatic carbocycles. The quantitative estimate of drug-likeness (QED) is 0.935. The Balaban J connectivity index is 2.42. The van der Waals surface area contributed by atoms with E-state index in [4.69, 9.17) is 16.7 Å². The van der Waals surface area contributed by atoms with Crippen LogP contribution in [0.2, 0.25) is 5.02 Å². The standard InChI is InChI=1S/C12H9ClN2O2S/c1-7-4-5-8(12(16)17)10(15-7)18-11-9(13)3-2-6-14-11/h2-6H,1H3,(H,16,17). The van der Waals surface area contributed by atoms with Gasteiger partial charge in [0.2, 0.25) is 0 Å². The highest BCUT2D eigenvalue weighted by Gasteiger charge is 2.14. The van der Waals surface area contributed by atoms with E-state index < -0.39 is 5.97 Å². The summed E-state index contributed by atoms with van der Waals surface area (Å²) >= 11 is 7.14. The first-order valence-corrected chi connectivity index (χ1v) is 6.26. The van der Waals surface area contributed by atoms with Crippen LogP contribution in [0.5, 0.6) is 0 Å². The molecule has 0 atom stereocenters. The molecular formula is C12H9ClN2O2S. The zero-order valence-electron chi connectivity index (χ0n) is 9.42. The van der Waals surface area contributed by atoms with Crippen LogP contribution in [0.15, 0.2) is 40.5 Å². The molecule has 1 N–H and O–H groups in total. The van der Waals surface area contributed by atoms with Crippen LogP contribution in [-0.4, -0.2) is 21.0 Å². The predicted octanol–water partition coefficient (Wildman–Crippen LogP) is 3.29. The molecule has 2 heterocycles. The lowest BCUT2D eigenvalue weighted by Crippen LogP contribution is -2.01. The SMILES string of the molecule is Cc1ccc(C(=O)O)c(Sc2ncccc2Cl)n1. The summed E-state index contributed by atoms with van der Waals surface area (Å²) in [6.07, 6.45) is 1.60. The summed E-state index contributed by atoms with van der Waals surface area (Å²) in [4.78, 5) is 19.4. The highest BCUT2D eigenvalue weighted by Crippen LogP contribution is 2.32. The van der Waals surface area contributed by atoms with Crippen molar-refractivity contribution in [3.05, 3.63) is 46.7 Å². The fourth-order valence-electron chi connectivity index (χ4n) is 1.31. The largest absolute Gasteiger partial charge is 0.478 e. The molecular weight excluding hydrogens is 272 g/mol. The van der Waals surface area contributed by atoms with E-state index in [1.165, 1.54) is 6.07 Å². The summed E-state index contributed by atoms with van der Waals surface area (Å²) in [5.74, 6) is -1.02. The van der Waals surface area contributed by atoms with Gasteiger partial charge in [0, 0.05) is 11.9 Å². The molecule has 0 saturated carbocycles. The Morgan fingerprint density at radius 1 is 1.33 bits per heavy atom. The molecule has 18 heavy (non-hydrogen) atoms. The Morgan fingerprint density at radius 3 is 2.78 bits per heavy atom. The van der Waals surface area contributed by atoms with E-state index in [0.717, 1.165) is 17.5 Å². The Kier molecular flexibility index (Phi) is 3.84. The second-order valence-electron chi connectivity index (χ2n) is 3.50. The van der Waals surface area contributed by atoms with Crippen molar-refractivity contribution >= 4 is 29.3 Å². The van der Waals surface area contributed by atoms with Crippen molar-refractivity contribution in [3.63, 3.8) is 0 Å². The highest BCUT2D eigenvalue weighted by molar-refractivity contribution is 7.99. The van der Waals surface area contributed by atoms with E-state index in [-0.39, 0.29) is 5.56 Å². The zero-order valence-corrected chi connectivity index (χ0v) is 11.0. The molecule has 0 saturated heterocycles. The fraction of sp³-hybridized carbons (Fsp3) is 0.0833. The summed E-state index contributed by atoms with van der Waals surface area (Å²) in [5, 5.41) is 10.5. The number of carboxylic acids is 1. The first-order chi connectivity index (χ1) is 8.58. The lowest BCUT2D eigenvalue weighted by molar-refractivity contribution is 0.0692. The van der Waals surface area contributed by atoms with E-state index >= 15 is 0 Å². The predicted molar refractivity (Wildman–Crippen MR) is 69.3 cm³/mol. The number of aromatic nitrogens is 2. The van der Waals surface area contributed by atoms with Crippen molar-refractivity contribution in [3.8, 4) is 0 Å². The summed E-state index contributed by atoms with van der Waals surface area (Å²) in [7, 11) is 0. The van der Waals surface area contributed by atoms with Gasteiger partial charge in [0.15, 0.2) is 0 Å². The Bertz CT molecular complexity index is 604. The Labute approximate surface area is 113 Å². The van der Waals surface area contributed by atoms with Gasteiger partial charge in [0.05, 0.1) is 10.6 Å². The van der Waals surface area contributed by atoms with Crippen molar-refractivity contribution in [1.82, 2.24) is 9.97 Å². The number of rotatable bonds is 3. The van der Waals surface area contributed by atoms with Gasteiger partial charge in [-0.2, -0.15) is 0 Å². The third-order valence-corrected chi connectivity index (χ3v) is 3.59. The number of halogens is 1. The first-order valence-electron chi connectivity index (χ1n) is 5.07. The minimum absolute atomic E-state index is 0.146. The number of aryl methyl sites for hydroxylation is 1. The lowest BCUT2D eigenvalue weighted by Gasteiger charge is -2.06. The van der Waals surface area contributed by atoms with E-state index in [1.54, 1.807) is 31.3 Å². The topological polar surface area (TPSA) is 63.1 Å². The van der Waals surface area contributed by atoms with Crippen LogP contribution in [0.1, 0.15) is 16.1 Å². The molecule has 0 bridgehead atoms. The molecule has 0 unspecified atom stereocenters. The molecule has 2 rings (SSSR count). The van der Waals surface area contributed by atoms with Crippen LogP contribution in [0, 0.1) is 6.92 Å². The smallest absolute Gasteiger partial charge is 0.338 e. The van der Waals surface area contributed by atoms with Crippen LogP contribution >= 0.6 is 23.4 Å². The Hall–Kier alpha value is -1.59. The zero-order chi connectivity index (χ0) is 13.1. The van der Waals surface area contributed by atoms with Gasteiger partial charge in [0.1, 0.15) is 10.1 Å². The second kappa shape index (κ2) is 5.37. The summed E-state index contributed by atoms with van der Waals surface area (Å²) < 4.78 is 0. The maximum Gasteiger partial charge on any atom is 0.338 e. The van der Waals surface area contributed by atoms with E-state index in [1.807, 2.05) is 0 Å². The highest BCUT2D eigenvalue weighted by atomic mass is 35.5. The molecule has 6 heteroatoms. The molecule has 2 aromatic heterocycles. The maximum absolute atomic E-state index is 11.1. The summed E-state index contributed by atoms with van der Waals surface area (Å²) in [6.45, 7) is 1.80. The van der Waals surface area contributed by atoms with Gasteiger partial charge in [-0.05, 0) is 43.0 Å².